The van der Waals surface area contributed by atoms with Crippen molar-refractivity contribution in [2.24, 2.45) is 5.41 Å². The van der Waals surface area contributed by atoms with Gasteiger partial charge in [0.15, 0.2) is 0 Å². The van der Waals surface area contributed by atoms with E-state index in [2.05, 4.69) is 20.5 Å². The molecule has 6 nitrogen and oxygen atoms in total. The van der Waals surface area contributed by atoms with Crippen LogP contribution < -0.4 is 5.32 Å². The Morgan fingerprint density at radius 1 is 1.79 bits per heavy atom. The first-order valence-electron chi connectivity index (χ1n) is 4.31. The zero-order valence-electron chi connectivity index (χ0n) is 7.45. The molecule has 0 atom stereocenters. The Hall–Kier alpha value is -1.90. The van der Waals surface area contributed by atoms with Crippen molar-refractivity contribution in [1.29, 1.82) is 5.26 Å². The SMILES string of the molecule is N#CC1(C(=O)NCc2ncn[nH]2)CC1. The van der Waals surface area contributed by atoms with Crippen LogP contribution in [0.4, 0.5) is 0 Å². The van der Waals surface area contributed by atoms with Gasteiger partial charge in [-0.3, -0.25) is 9.89 Å². The number of H-pyrrole nitrogens is 1. The monoisotopic (exact) mass is 191 g/mol. The molecule has 2 rings (SSSR count). The zero-order chi connectivity index (χ0) is 10.0. The van der Waals surface area contributed by atoms with Crippen LogP contribution in [0.1, 0.15) is 18.7 Å². The van der Waals surface area contributed by atoms with E-state index in [-0.39, 0.29) is 5.91 Å². The molecule has 0 saturated heterocycles. The number of nitrogens with one attached hydrogen (secondary N) is 2. The van der Waals surface area contributed by atoms with Gasteiger partial charge in [-0.25, -0.2) is 4.98 Å². The first-order chi connectivity index (χ1) is 6.77. The molecule has 1 heterocycles. The number of hydrogen-bond acceptors (Lipinski definition) is 4. The summed E-state index contributed by atoms with van der Waals surface area (Å²) in [5.74, 6) is 0.378. The van der Waals surface area contributed by atoms with Gasteiger partial charge in [-0.15, -0.1) is 0 Å². The topological polar surface area (TPSA) is 94.5 Å². The summed E-state index contributed by atoms with van der Waals surface area (Å²) in [6.07, 6.45) is 2.69. The van der Waals surface area contributed by atoms with Crippen LogP contribution in [0.2, 0.25) is 0 Å². The van der Waals surface area contributed by atoms with Crippen LogP contribution in [-0.2, 0) is 11.3 Å². The van der Waals surface area contributed by atoms with E-state index < -0.39 is 5.41 Å². The van der Waals surface area contributed by atoms with E-state index in [0.29, 0.717) is 25.2 Å². The second-order valence-electron chi connectivity index (χ2n) is 3.31. The van der Waals surface area contributed by atoms with Gasteiger partial charge in [0.05, 0.1) is 12.6 Å². The van der Waals surface area contributed by atoms with Crippen molar-refractivity contribution >= 4 is 5.91 Å². The fourth-order valence-corrected chi connectivity index (χ4v) is 1.16. The molecular formula is C8H9N5O. The van der Waals surface area contributed by atoms with E-state index >= 15 is 0 Å². The van der Waals surface area contributed by atoms with Gasteiger partial charge in [-0.2, -0.15) is 10.4 Å². The lowest BCUT2D eigenvalue weighted by molar-refractivity contribution is -0.124. The molecule has 6 heteroatoms. The van der Waals surface area contributed by atoms with Crippen LogP contribution in [0.25, 0.3) is 0 Å². The molecule has 0 unspecified atom stereocenters. The standard InChI is InChI=1S/C8H9N5O/c9-4-8(1-2-8)7(14)10-3-6-11-5-12-13-6/h5H,1-3H2,(H,10,14)(H,11,12,13). The summed E-state index contributed by atoms with van der Waals surface area (Å²) in [5.41, 5.74) is -0.764. The molecule has 1 amide bonds. The summed E-state index contributed by atoms with van der Waals surface area (Å²) in [7, 11) is 0. The number of hydrogen-bond donors (Lipinski definition) is 2. The van der Waals surface area contributed by atoms with E-state index in [1.807, 2.05) is 6.07 Å². The van der Waals surface area contributed by atoms with Crippen molar-refractivity contribution in [2.45, 2.75) is 19.4 Å². The highest BCUT2D eigenvalue weighted by molar-refractivity contribution is 5.88. The number of carbonyl (C=O) groups excluding carboxylic acids is 1. The van der Waals surface area contributed by atoms with Gasteiger partial charge in [0.1, 0.15) is 17.6 Å². The van der Waals surface area contributed by atoms with Crippen molar-refractivity contribution in [3.63, 3.8) is 0 Å². The Balaban J connectivity index is 1.88. The first kappa shape index (κ1) is 8.69. The summed E-state index contributed by atoms with van der Waals surface area (Å²) >= 11 is 0. The van der Waals surface area contributed by atoms with Crippen LogP contribution in [0.5, 0.6) is 0 Å². The Bertz CT molecular complexity index is 373. The zero-order valence-corrected chi connectivity index (χ0v) is 7.45. The maximum absolute atomic E-state index is 11.5. The Kier molecular flexibility index (Phi) is 1.93. The largest absolute Gasteiger partial charge is 0.347 e. The minimum Gasteiger partial charge on any atom is -0.347 e. The molecular weight excluding hydrogens is 182 g/mol. The minimum absolute atomic E-state index is 0.212. The van der Waals surface area contributed by atoms with Gasteiger partial charge >= 0.3 is 0 Å². The van der Waals surface area contributed by atoms with Crippen molar-refractivity contribution in [3.05, 3.63) is 12.2 Å². The van der Waals surface area contributed by atoms with E-state index in [0.717, 1.165) is 0 Å². The fraction of sp³-hybridized carbons (Fsp3) is 0.500. The summed E-state index contributed by atoms with van der Waals surface area (Å²) in [4.78, 5) is 15.3. The van der Waals surface area contributed by atoms with Gasteiger partial charge in [0, 0.05) is 0 Å². The van der Waals surface area contributed by atoms with Crippen molar-refractivity contribution in [1.82, 2.24) is 20.5 Å². The molecule has 0 aliphatic heterocycles. The normalized spacial score (nSPS) is 17.1. The first-order valence-corrected chi connectivity index (χ1v) is 4.31. The summed E-state index contributed by atoms with van der Waals surface area (Å²) in [5, 5.41) is 17.7. The Labute approximate surface area is 80.3 Å². The van der Waals surface area contributed by atoms with Gasteiger partial charge in [0.2, 0.25) is 5.91 Å². The average molecular weight is 191 g/mol. The number of amides is 1. The van der Waals surface area contributed by atoms with Gasteiger partial charge in [-0.1, -0.05) is 0 Å². The highest BCUT2D eigenvalue weighted by Gasteiger charge is 2.50. The third kappa shape index (κ3) is 1.44. The van der Waals surface area contributed by atoms with Gasteiger partial charge < -0.3 is 5.32 Å². The smallest absolute Gasteiger partial charge is 0.240 e. The number of nitrogens with zero attached hydrogens (tertiary/aromatic N) is 3. The van der Waals surface area contributed by atoms with E-state index in [9.17, 15) is 4.79 Å². The van der Waals surface area contributed by atoms with Crippen molar-refractivity contribution in [2.75, 3.05) is 0 Å². The number of rotatable bonds is 3. The predicted octanol–water partition coefficient (Wildman–Crippen LogP) is -0.275. The second kappa shape index (κ2) is 3.10. The molecule has 2 N–H and O–H groups in total. The van der Waals surface area contributed by atoms with Gasteiger partial charge in [-0.05, 0) is 12.8 Å². The van der Waals surface area contributed by atoms with Crippen LogP contribution >= 0.6 is 0 Å². The maximum Gasteiger partial charge on any atom is 0.240 e. The van der Waals surface area contributed by atoms with Gasteiger partial charge in [0.25, 0.3) is 0 Å². The molecule has 0 bridgehead atoms. The number of aromatic amines is 1. The Morgan fingerprint density at radius 3 is 3.07 bits per heavy atom. The maximum atomic E-state index is 11.5. The third-order valence-electron chi connectivity index (χ3n) is 2.28. The molecule has 0 radical (unpaired) electrons. The highest BCUT2D eigenvalue weighted by Crippen LogP contribution is 2.44. The van der Waals surface area contributed by atoms with Crippen LogP contribution in [-0.4, -0.2) is 21.1 Å². The third-order valence-corrected chi connectivity index (χ3v) is 2.28. The van der Waals surface area contributed by atoms with Crippen LogP contribution in [0, 0.1) is 16.7 Å². The van der Waals surface area contributed by atoms with Crippen molar-refractivity contribution < 1.29 is 4.79 Å². The molecule has 0 spiro atoms. The lowest BCUT2D eigenvalue weighted by Gasteiger charge is -2.05. The predicted molar refractivity (Wildman–Crippen MR) is 45.5 cm³/mol. The van der Waals surface area contributed by atoms with E-state index in [1.54, 1.807) is 0 Å². The molecule has 72 valence electrons. The molecule has 0 aromatic carbocycles. The van der Waals surface area contributed by atoms with E-state index in [1.165, 1.54) is 6.33 Å². The molecule has 1 aromatic rings. The minimum atomic E-state index is -0.764. The van der Waals surface area contributed by atoms with E-state index in [4.69, 9.17) is 5.26 Å². The number of nitriles is 1. The number of aromatic nitrogens is 3. The molecule has 1 fully saturated rings. The van der Waals surface area contributed by atoms with Crippen LogP contribution in [0.3, 0.4) is 0 Å². The molecule has 1 aromatic heterocycles. The molecule has 1 saturated carbocycles. The molecule has 1 aliphatic carbocycles. The fourth-order valence-electron chi connectivity index (χ4n) is 1.16. The molecule has 1 aliphatic rings. The lowest BCUT2D eigenvalue weighted by atomic mass is 10.1. The quantitative estimate of drug-likeness (QED) is 0.687. The lowest BCUT2D eigenvalue weighted by Crippen LogP contribution is -2.31. The van der Waals surface area contributed by atoms with Crippen LogP contribution in [0.15, 0.2) is 6.33 Å². The summed E-state index contributed by atoms with van der Waals surface area (Å²) in [6.45, 7) is 0.294. The average Bonchev–Trinajstić information content (AvgIpc) is 2.84. The summed E-state index contributed by atoms with van der Waals surface area (Å²) < 4.78 is 0. The second-order valence-corrected chi connectivity index (χ2v) is 3.31. The molecule has 14 heavy (non-hydrogen) atoms. The number of carbonyl (C=O) groups is 1. The highest BCUT2D eigenvalue weighted by atomic mass is 16.2. The Morgan fingerprint density at radius 2 is 2.57 bits per heavy atom. The summed E-state index contributed by atoms with van der Waals surface area (Å²) in [6, 6.07) is 2.02. The van der Waals surface area contributed by atoms with Crippen molar-refractivity contribution in [3.8, 4) is 6.07 Å².